The van der Waals surface area contributed by atoms with Gasteiger partial charge in [0.2, 0.25) is 0 Å². The second kappa shape index (κ2) is 3.01. The highest BCUT2D eigenvalue weighted by Crippen LogP contribution is 2.25. The molecule has 0 aromatic rings. The van der Waals surface area contributed by atoms with Gasteiger partial charge in [0.15, 0.2) is 0 Å². The van der Waals surface area contributed by atoms with E-state index < -0.39 is 11.4 Å². The lowest BCUT2D eigenvalue weighted by Crippen LogP contribution is -2.35. The first-order valence-electron chi connectivity index (χ1n) is 3.36. The number of hydrogen-bond donors (Lipinski definition) is 2. The first-order valence-corrected chi connectivity index (χ1v) is 3.36. The summed E-state index contributed by atoms with van der Waals surface area (Å²) >= 11 is 0. The monoisotopic (exact) mass is 145 g/mol. The van der Waals surface area contributed by atoms with Crippen LogP contribution in [-0.2, 0) is 4.79 Å². The van der Waals surface area contributed by atoms with Gasteiger partial charge in [-0.1, -0.05) is 6.92 Å². The summed E-state index contributed by atoms with van der Waals surface area (Å²) in [6.07, 6.45) is 0. The van der Waals surface area contributed by atoms with Crippen LogP contribution in [0.5, 0.6) is 0 Å². The number of nitrogens with two attached hydrogens (primary N) is 1. The Balaban J connectivity index is 4.23. The van der Waals surface area contributed by atoms with Gasteiger partial charge in [-0.05, 0) is 26.3 Å². The van der Waals surface area contributed by atoms with E-state index in [0.29, 0.717) is 6.54 Å². The van der Waals surface area contributed by atoms with E-state index >= 15 is 0 Å². The van der Waals surface area contributed by atoms with E-state index in [4.69, 9.17) is 10.8 Å². The van der Waals surface area contributed by atoms with Gasteiger partial charge in [-0.3, -0.25) is 4.79 Å². The minimum absolute atomic E-state index is 0.0185. The first kappa shape index (κ1) is 9.43. The van der Waals surface area contributed by atoms with Crippen molar-refractivity contribution in [3.8, 4) is 0 Å². The zero-order valence-corrected chi connectivity index (χ0v) is 6.72. The summed E-state index contributed by atoms with van der Waals surface area (Å²) in [5.74, 6) is -0.768. The van der Waals surface area contributed by atoms with Crippen molar-refractivity contribution in [2.45, 2.75) is 20.8 Å². The maximum absolute atomic E-state index is 10.6. The Morgan fingerprint density at radius 1 is 1.70 bits per heavy atom. The SMILES string of the molecule is CC(CN)C(C)(C)C(=O)O. The smallest absolute Gasteiger partial charge is 0.309 e. The largest absolute Gasteiger partial charge is 0.481 e. The molecule has 0 saturated heterocycles. The molecule has 10 heavy (non-hydrogen) atoms. The van der Waals surface area contributed by atoms with Crippen LogP contribution in [0.1, 0.15) is 20.8 Å². The number of aliphatic carboxylic acids is 1. The molecule has 3 heteroatoms. The predicted octanol–water partition coefficient (Wildman–Crippen LogP) is 0.692. The van der Waals surface area contributed by atoms with Gasteiger partial charge >= 0.3 is 5.97 Å². The molecule has 0 aliphatic carbocycles. The molecule has 0 aromatic heterocycles. The summed E-state index contributed by atoms with van der Waals surface area (Å²) in [7, 11) is 0. The lowest BCUT2D eigenvalue weighted by molar-refractivity contribution is -0.149. The number of carboxylic acids is 1. The van der Waals surface area contributed by atoms with E-state index in [9.17, 15) is 4.79 Å². The quantitative estimate of drug-likeness (QED) is 0.614. The summed E-state index contributed by atoms with van der Waals surface area (Å²) < 4.78 is 0. The molecule has 0 radical (unpaired) electrons. The topological polar surface area (TPSA) is 63.3 Å². The van der Waals surface area contributed by atoms with Crippen molar-refractivity contribution in [1.29, 1.82) is 0 Å². The average molecular weight is 145 g/mol. The maximum atomic E-state index is 10.6. The lowest BCUT2D eigenvalue weighted by atomic mass is 9.80. The molecule has 1 unspecified atom stereocenters. The van der Waals surface area contributed by atoms with Crippen molar-refractivity contribution in [3.05, 3.63) is 0 Å². The summed E-state index contributed by atoms with van der Waals surface area (Å²) in [4.78, 5) is 10.6. The molecule has 0 aromatic carbocycles. The fourth-order valence-corrected chi connectivity index (χ4v) is 0.505. The van der Waals surface area contributed by atoms with Crippen LogP contribution in [0.3, 0.4) is 0 Å². The zero-order chi connectivity index (χ0) is 8.36. The van der Waals surface area contributed by atoms with Crippen molar-refractivity contribution < 1.29 is 9.90 Å². The van der Waals surface area contributed by atoms with Gasteiger partial charge in [-0.2, -0.15) is 0 Å². The molecule has 3 N–H and O–H groups in total. The minimum Gasteiger partial charge on any atom is -0.481 e. The van der Waals surface area contributed by atoms with E-state index in [1.807, 2.05) is 6.92 Å². The van der Waals surface area contributed by atoms with E-state index in [1.165, 1.54) is 0 Å². The molecule has 0 heterocycles. The Bertz CT molecular complexity index is 132. The lowest BCUT2D eigenvalue weighted by Gasteiger charge is -2.25. The number of rotatable bonds is 3. The third-order valence-corrected chi connectivity index (χ3v) is 2.14. The third kappa shape index (κ3) is 1.70. The molecule has 0 aliphatic heterocycles. The van der Waals surface area contributed by atoms with Crippen LogP contribution in [-0.4, -0.2) is 17.6 Å². The molecule has 0 bridgehead atoms. The molecule has 0 saturated carbocycles. The number of hydrogen-bond acceptors (Lipinski definition) is 2. The summed E-state index contributed by atoms with van der Waals surface area (Å²) in [5.41, 5.74) is 4.63. The maximum Gasteiger partial charge on any atom is 0.309 e. The average Bonchev–Trinajstić information content (AvgIpc) is 1.86. The van der Waals surface area contributed by atoms with Crippen LogP contribution in [0.25, 0.3) is 0 Å². The van der Waals surface area contributed by atoms with Gasteiger partial charge in [0.25, 0.3) is 0 Å². The van der Waals surface area contributed by atoms with Gasteiger partial charge in [0, 0.05) is 0 Å². The Labute approximate surface area is 61.2 Å². The van der Waals surface area contributed by atoms with Crippen LogP contribution >= 0.6 is 0 Å². The van der Waals surface area contributed by atoms with Gasteiger partial charge in [-0.15, -0.1) is 0 Å². The highest BCUT2D eigenvalue weighted by Gasteiger charge is 2.32. The Hall–Kier alpha value is -0.570. The number of carboxylic acid groups (broad SMARTS) is 1. The fraction of sp³-hybridized carbons (Fsp3) is 0.857. The van der Waals surface area contributed by atoms with E-state index in [1.54, 1.807) is 13.8 Å². The molecule has 0 fully saturated rings. The molecule has 0 aliphatic rings. The standard InChI is InChI=1S/C7H15NO2/c1-5(4-8)7(2,3)6(9)10/h5H,4,8H2,1-3H3,(H,9,10). The molecule has 3 nitrogen and oxygen atoms in total. The van der Waals surface area contributed by atoms with Crippen molar-refractivity contribution in [1.82, 2.24) is 0 Å². The van der Waals surface area contributed by atoms with Crippen LogP contribution in [0.15, 0.2) is 0 Å². The first-order chi connectivity index (χ1) is 4.42. The molecular weight excluding hydrogens is 130 g/mol. The van der Waals surface area contributed by atoms with E-state index in [0.717, 1.165) is 0 Å². The highest BCUT2D eigenvalue weighted by atomic mass is 16.4. The molecule has 0 rings (SSSR count). The molecule has 60 valence electrons. The Kier molecular flexibility index (Phi) is 2.84. The summed E-state index contributed by atoms with van der Waals surface area (Å²) in [6, 6.07) is 0. The third-order valence-electron chi connectivity index (χ3n) is 2.14. The van der Waals surface area contributed by atoms with Crippen LogP contribution in [0, 0.1) is 11.3 Å². The van der Waals surface area contributed by atoms with Crippen molar-refractivity contribution in [2.75, 3.05) is 6.54 Å². The van der Waals surface area contributed by atoms with Crippen molar-refractivity contribution in [3.63, 3.8) is 0 Å². The Morgan fingerprint density at radius 3 is 2.20 bits per heavy atom. The van der Waals surface area contributed by atoms with Gasteiger partial charge in [0.1, 0.15) is 0 Å². The van der Waals surface area contributed by atoms with Crippen molar-refractivity contribution in [2.24, 2.45) is 17.1 Å². The van der Waals surface area contributed by atoms with Crippen LogP contribution in [0.2, 0.25) is 0 Å². The Morgan fingerprint density at radius 2 is 2.10 bits per heavy atom. The van der Waals surface area contributed by atoms with Gasteiger partial charge in [-0.25, -0.2) is 0 Å². The molecule has 1 atom stereocenters. The summed E-state index contributed by atoms with van der Waals surface area (Å²) in [6.45, 7) is 5.63. The number of carbonyl (C=O) groups is 1. The van der Waals surface area contributed by atoms with Crippen LogP contribution in [0.4, 0.5) is 0 Å². The minimum atomic E-state index is -0.787. The predicted molar refractivity (Wildman–Crippen MR) is 39.6 cm³/mol. The molecule has 0 spiro atoms. The second-order valence-corrected chi connectivity index (χ2v) is 3.16. The van der Waals surface area contributed by atoms with E-state index in [-0.39, 0.29) is 5.92 Å². The zero-order valence-electron chi connectivity index (χ0n) is 6.72. The molecule has 0 amide bonds. The second-order valence-electron chi connectivity index (χ2n) is 3.16. The normalized spacial score (nSPS) is 14.8. The fourth-order valence-electron chi connectivity index (χ4n) is 0.505. The van der Waals surface area contributed by atoms with Gasteiger partial charge < -0.3 is 10.8 Å². The van der Waals surface area contributed by atoms with Gasteiger partial charge in [0.05, 0.1) is 5.41 Å². The van der Waals surface area contributed by atoms with Crippen LogP contribution < -0.4 is 5.73 Å². The van der Waals surface area contributed by atoms with E-state index in [2.05, 4.69) is 0 Å². The molecular formula is C7H15NO2. The summed E-state index contributed by atoms with van der Waals surface area (Å²) in [5, 5.41) is 8.69. The van der Waals surface area contributed by atoms with Crippen molar-refractivity contribution >= 4 is 5.97 Å². The highest BCUT2D eigenvalue weighted by molar-refractivity contribution is 5.73.